The second-order valence-electron chi connectivity index (χ2n) is 7.45. The van der Waals surface area contributed by atoms with Crippen LogP contribution in [0, 0.1) is 0 Å². The number of piperidine rings is 1. The zero-order valence-corrected chi connectivity index (χ0v) is 17.2. The monoisotopic (exact) mass is 409 g/mol. The summed E-state index contributed by atoms with van der Waals surface area (Å²) in [6, 6.07) is 15.3. The average molecular weight is 410 g/mol. The number of hydrogen-bond donors (Lipinski definition) is 3. The van der Waals surface area contributed by atoms with Crippen LogP contribution in [0.3, 0.4) is 0 Å². The molecular weight excluding hydrogens is 384 g/mol. The number of benzene rings is 2. The van der Waals surface area contributed by atoms with Crippen molar-refractivity contribution in [2.45, 2.75) is 18.8 Å². The number of carbonyl (C=O) groups is 2. The lowest BCUT2D eigenvalue weighted by molar-refractivity contribution is -0.898. The van der Waals surface area contributed by atoms with Gasteiger partial charge in [-0.25, -0.2) is 4.98 Å². The van der Waals surface area contributed by atoms with Crippen molar-refractivity contribution < 1.29 is 14.5 Å². The summed E-state index contributed by atoms with van der Waals surface area (Å²) in [6.07, 6.45) is 2.22. The van der Waals surface area contributed by atoms with Crippen LogP contribution in [0.2, 0.25) is 0 Å². The van der Waals surface area contributed by atoms with Gasteiger partial charge in [0.25, 0.3) is 11.8 Å². The van der Waals surface area contributed by atoms with Crippen molar-refractivity contribution in [1.29, 1.82) is 0 Å². The van der Waals surface area contributed by atoms with Gasteiger partial charge in [-0.3, -0.25) is 9.59 Å². The maximum Gasteiger partial charge on any atom is 0.279 e. The van der Waals surface area contributed by atoms with E-state index < -0.39 is 0 Å². The van der Waals surface area contributed by atoms with Crippen LogP contribution in [-0.2, 0) is 4.79 Å². The van der Waals surface area contributed by atoms with E-state index in [0.717, 1.165) is 31.4 Å². The van der Waals surface area contributed by atoms with Gasteiger partial charge in [-0.1, -0.05) is 18.2 Å². The molecule has 1 aromatic heterocycles. The van der Waals surface area contributed by atoms with Crippen LogP contribution in [0.4, 0.5) is 5.69 Å². The topological polar surface area (TPSA) is 75.5 Å². The van der Waals surface area contributed by atoms with E-state index in [2.05, 4.69) is 22.8 Å². The quantitative estimate of drug-likeness (QED) is 0.604. The van der Waals surface area contributed by atoms with Crippen molar-refractivity contribution in [3.63, 3.8) is 0 Å². The number of nitrogens with zero attached hydrogens (tertiary/aromatic N) is 1. The molecule has 2 atom stereocenters. The fourth-order valence-electron chi connectivity index (χ4n) is 3.90. The van der Waals surface area contributed by atoms with E-state index in [4.69, 9.17) is 4.98 Å². The maximum atomic E-state index is 12.6. The van der Waals surface area contributed by atoms with Crippen LogP contribution in [0.1, 0.15) is 34.1 Å². The van der Waals surface area contributed by atoms with Gasteiger partial charge in [-0.2, -0.15) is 0 Å². The van der Waals surface area contributed by atoms with E-state index in [1.165, 1.54) is 14.6 Å². The first-order chi connectivity index (χ1) is 14.1. The second kappa shape index (κ2) is 8.71. The van der Waals surface area contributed by atoms with E-state index in [0.29, 0.717) is 23.7 Å². The van der Waals surface area contributed by atoms with Crippen LogP contribution >= 0.6 is 11.3 Å². The summed E-state index contributed by atoms with van der Waals surface area (Å²) >= 11 is 1.77. The lowest BCUT2D eigenvalue weighted by Crippen LogP contribution is -3.14. The van der Waals surface area contributed by atoms with Gasteiger partial charge in [0.05, 0.1) is 29.2 Å². The van der Waals surface area contributed by atoms with E-state index in [1.54, 1.807) is 42.6 Å². The Morgan fingerprint density at radius 2 is 2.07 bits per heavy atom. The van der Waals surface area contributed by atoms with Crippen LogP contribution in [0.5, 0.6) is 0 Å². The lowest BCUT2D eigenvalue weighted by Gasteiger charge is -2.28. The van der Waals surface area contributed by atoms with Crippen LogP contribution in [0.15, 0.2) is 48.5 Å². The first-order valence-electron chi connectivity index (χ1n) is 9.93. The molecule has 6 nitrogen and oxygen atoms in total. The van der Waals surface area contributed by atoms with E-state index >= 15 is 0 Å². The number of fused-ring (bicyclic) bond motifs is 1. The minimum atomic E-state index is -0.165. The second-order valence-corrected chi connectivity index (χ2v) is 8.51. The zero-order valence-electron chi connectivity index (χ0n) is 16.4. The molecule has 4 rings (SSSR count). The predicted molar refractivity (Wildman–Crippen MR) is 116 cm³/mol. The Bertz CT molecular complexity index is 999. The predicted octanol–water partition coefficient (Wildman–Crippen LogP) is 2.06. The molecule has 29 heavy (non-hydrogen) atoms. The van der Waals surface area contributed by atoms with Crippen LogP contribution < -0.4 is 15.5 Å². The lowest BCUT2D eigenvalue weighted by atomic mass is 9.99. The number of quaternary nitrogens is 1. The van der Waals surface area contributed by atoms with Gasteiger partial charge in [0.1, 0.15) is 5.01 Å². The molecule has 1 fully saturated rings. The van der Waals surface area contributed by atoms with Crippen molar-refractivity contribution in [2.24, 2.45) is 0 Å². The van der Waals surface area contributed by atoms with Gasteiger partial charge >= 0.3 is 0 Å². The van der Waals surface area contributed by atoms with E-state index in [9.17, 15) is 9.59 Å². The van der Waals surface area contributed by atoms with Crippen LogP contribution in [-0.4, -0.2) is 43.5 Å². The first kappa shape index (κ1) is 19.5. The molecule has 1 unspecified atom stereocenters. The minimum Gasteiger partial charge on any atom is -0.355 e. The molecule has 150 valence electrons. The molecule has 1 aliphatic rings. The number of rotatable bonds is 5. The molecule has 3 aromatic rings. The molecular formula is C22H25N4O2S+. The standard InChI is InChI=1S/C22H24N4O2S/c1-23-21(28)15-6-4-8-17(12-15)24-20(27)14-26-11-5-7-16(13-26)22-25-18-9-2-3-10-19(18)29-22/h2-4,6,8-10,12,16H,5,7,11,13-14H2,1H3,(H,23,28)(H,24,27)/p+1/t16-/m1/s1. The summed E-state index contributed by atoms with van der Waals surface area (Å²) in [5.74, 6) is 0.209. The van der Waals surface area contributed by atoms with E-state index in [-0.39, 0.29) is 11.8 Å². The molecule has 2 aromatic carbocycles. The van der Waals surface area contributed by atoms with E-state index in [1.807, 2.05) is 12.1 Å². The molecule has 0 bridgehead atoms. The van der Waals surface area contributed by atoms with Gasteiger partial charge in [0, 0.05) is 18.3 Å². The third-order valence-electron chi connectivity index (χ3n) is 5.32. The summed E-state index contributed by atoms with van der Waals surface area (Å²) in [6.45, 7) is 2.34. The third-order valence-corrected chi connectivity index (χ3v) is 6.52. The Morgan fingerprint density at radius 3 is 2.90 bits per heavy atom. The Balaban J connectivity index is 1.38. The molecule has 0 radical (unpaired) electrons. The van der Waals surface area contributed by atoms with Crippen LogP contribution in [0.25, 0.3) is 10.2 Å². The molecule has 3 N–H and O–H groups in total. The summed E-state index contributed by atoms with van der Waals surface area (Å²) in [4.78, 5) is 30.4. The van der Waals surface area contributed by atoms with Gasteiger partial charge in [0.15, 0.2) is 6.54 Å². The summed E-state index contributed by atoms with van der Waals surface area (Å²) in [5.41, 5.74) is 2.25. The van der Waals surface area contributed by atoms with Crippen molar-refractivity contribution >= 4 is 39.1 Å². The normalized spacial score (nSPS) is 19.1. The highest BCUT2D eigenvalue weighted by Gasteiger charge is 2.28. The minimum absolute atomic E-state index is 0.0287. The Morgan fingerprint density at radius 1 is 1.21 bits per heavy atom. The average Bonchev–Trinajstić information content (AvgIpc) is 3.18. The number of carbonyl (C=O) groups excluding carboxylic acids is 2. The number of para-hydroxylation sites is 1. The molecule has 0 saturated carbocycles. The number of hydrogen-bond acceptors (Lipinski definition) is 4. The molecule has 2 heterocycles. The zero-order chi connectivity index (χ0) is 20.2. The highest BCUT2D eigenvalue weighted by atomic mass is 32.1. The number of nitrogens with one attached hydrogen (secondary N) is 3. The number of amides is 2. The number of aromatic nitrogens is 1. The first-order valence-corrected chi connectivity index (χ1v) is 10.7. The highest BCUT2D eigenvalue weighted by Crippen LogP contribution is 2.30. The Kier molecular flexibility index (Phi) is 5.87. The fraction of sp³-hybridized carbons (Fsp3) is 0.318. The smallest absolute Gasteiger partial charge is 0.279 e. The van der Waals surface area contributed by atoms with Gasteiger partial charge in [-0.05, 0) is 43.2 Å². The van der Waals surface area contributed by atoms with Gasteiger partial charge in [0.2, 0.25) is 0 Å². The molecule has 0 spiro atoms. The SMILES string of the molecule is CNC(=O)c1cccc(NC(=O)C[NH+]2CCC[C@@H](c3nc4ccccc4s3)C2)c1. The number of likely N-dealkylation sites (tertiary alicyclic amines) is 1. The molecule has 1 saturated heterocycles. The Hall–Kier alpha value is -2.77. The molecule has 2 amide bonds. The maximum absolute atomic E-state index is 12.6. The number of anilines is 1. The summed E-state index contributed by atoms with van der Waals surface area (Å²) in [7, 11) is 1.59. The highest BCUT2D eigenvalue weighted by molar-refractivity contribution is 7.18. The van der Waals surface area contributed by atoms with Crippen molar-refractivity contribution in [3.05, 3.63) is 59.1 Å². The summed E-state index contributed by atoms with van der Waals surface area (Å²) in [5, 5.41) is 6.71. The molecule has 0 aliphatic carbocycles. The Labute approximate surface area is 173 Å². The molecule has 1 aliphatic heterocycles. The third kappa shape index (κ3) is 4.63. The van der Waals surface area contributed by atoms with Crippen molar-refractivity contribution in [3.8, 4) is 0 Å². The van der Waals surface area contributed by atoms with Crippen molar-refractivity contribution in [1.82, 2.24) is 10.3 Å². The summed E-state index contributed by atoms with van der Waals surface area (Å²) < 4.78 is 1.23. The number of thiazole rings is 1. The van der Waals surface area contributed by atoms with Crippen molar-refractivity contribution in [2.75, 3.05) is 32.0 Å². The largest absolute Gasteiger partial charge is 0.355 e. The van der Waals surface area contributed by atoms with Gasteiger partial charge < -0.3 is 15.5 Å². The molecule has 7 heteroatoms. The van der Waals surface area contributed by atoms with Gasteiger partial charge in [-0.15, -0.1) is 11.3 Å². The fourth-order valence-corrected chi connectivity index (χ4v) is 5.00.